The van der Waals surface area contributed by atoms with Crippen LogP contribution in [0.2, 0.25) is 0 Å². The minimum Gasteiger partial charge on any atom is -0.504 e. The fraction of sp³-hybridized carbons (Fsp3) is 0.407. The van der Waals surface area contributed by atoms with Crippen molar-refractivity contribution in [1.82, 2.24) is 0 Å². The lowest BCUT2D eigenvalue weighted by atomic mass is 9.99. The van der Waals surface area contributed by atoms with Crippen LogP contribution in [0, 0.1) is 0 Å². The highest BCUT2D eigenvalue weighted by Crippen LogP contribution is 2.43. The number of fused-ring (bicyclic) bond motifs is 1. The third kappa shape index (κ3) is 5.11. The molecule has 1 saturated heterocycles. The summed E-state index contributed by atoms with van der Waals surface area (Å²) in [7, 11) is 1.19. The maximum absolute atomic E-state index is 13.0. The van der Waals surface area contributed by atoms with Crippen molar-refractivity contribution in [3.8, 4) is 34.3 Å². The molecule has 2 fully saturated rings. The van der Waals surface area contributed by atoms with E-state index in [1.807, 2.05) is 0 Å². The molecular weight excluding hydrogens is 516 g/mol. The SMILES string of the molecule is COc1c(OC2OC(C(=O)O)C(O)C(O)C2O)cc2oc(-c3ccc(OC4CCCC4)cc3)cc(=O)c2c1O. The number of carbonyl (C=O) groups is 1. The molecule has 0 bridgehead atoms. The molecule has 2 heterocycles. The topological polar surface area (TPSA) is 185 Å². The second-order valence-corrected chi connectivity index (χ2v) is 9.51. The van der Waals surface area contributed by atoms with Crippen LogP contribution in [-0.2, 0) is 9.53 Å². The smallest absolute Gasteiger partial charge is 0.335 e. The minimum atomic E-state index is -1.92. The molecule has 5 unspecified atom stereocenters. The molecule has 2 aromatic carbocycles. The molecule has 0 amide bonds. The lowest BCUT2D eigenvalue weighted by Crippen LogP contribution is -2.61. The predicted molar refractivity (Wildman–Crippen MR) is 134 cm³/mol. The van der Waals surface area contributed by atoms with Gasteiger partial charge in [-0.05, 0) is 49.9 Å². The molecule has 1 aliphatic heterocycles. The van der Waals surface area contributed by atoms with Gasteiger partial charge in [0, 0.05) is 17.7 Å². The average Bonchev–Trinajstić information content (AvgIpc) is 3.42. The van der Waals surface area contributed by atoms with Gasteiger partial charge in [-0.1, -0.05) is 0 Å². The van der Waals surface area contributed by atoms with Crippen LogP contribution < -0.4 is 19.6 Å². The number of aliphatic hydroxyl groups is 3. The third-order valence-electron chi connectivity index (χ3n) is 6.92. The van der Waals surface area contributed by atoms with Gasteiger partial charge in [0.1, 0.15) is 40.8 Å². The molecule has 1 saturated carbocycles. The summed E-state index contributed by atoms with van der Waals surface area (Å²) < 4.78 is 27.8. The highest BCUT2D eigenvalue weighted by Gasteiger charge is 2.48. The number of methoxy groups -OCH3 is 1. The van der Waals surface area contributed by atoms with Gasteiger partial charge in [0.25, 0.3) is 0 Å². The number of aliphatic carboxylic acids is 1. The van der Waals surface area contributed by atoms with E-state index in [0.29, 0.717) is 11.3 Å². The molecular formula is C27H28O12. The van der Waals surface area contributed by atoms with Gasteiger partial charge in [0.2, 0.25) is 12.0 Å². The lowest BCUT2D eigenvalue weighted by Gasteiger charge is -2.38. The van der Waals surface area contributed by atoms with E-state index in [-0.39, 0.29) is 34.3 Å². The number of carboxylic acids is 1. The van der Waals surface area contributed by atoms with E-state index in [4.69, 9.17) is 23.4 Å². The van der Waals surface area contributed by atoms with Gasteiger partial charge in [-0.3, -0.25) is 4.79 Å². The van der Waals surface area contributed by atoms with E-state index >= 15 is 0 Å². The molecule has 39 heavy (non-hydrogen) atoms. The zero-order valence-electron chi connectivity index (χ0n) is 20.9. The van der Waals surface area contributed by atoms with Crippen LogP contribution in [0.4, 0.5) is 0 Å². The Morgan fingerprint density at radius 3 is 2.31 bits per heavy atom. The highest BCUT2D eigenvalue weighted by molar-refractivity contribution is 5.89. The van der Waals surface area contributed by atoms with Gasteiger partial charge < -0.3 is 48.9 Å². The van der Waals surface area contributed by atoms with E-state index in [9.17, 15) is 35.1 Å². The summed E-state index contributed by atoms with van der Waals surface area (Å²) >= 11 is 0. The van der Waals surface area contributed by atoms with Gasteiger partial charge in [0.15, 0.2) is 23.0 Å². The molecule has 0 radical (unpaired) electrons. The van der Waals surface area contributed by atoms with Crippen LogP contribution in [0.15, 0.2) is 45.6 Å². The lowest BCUT2D eigenvalue weighted by molar-refractivity contribution is -0.271. The maximum atomic E-state index is 13.0. The summed E-state index contributed by atoms with van der Waals surface area (Å²) in [5.74, 6) is -1.92. The number of rotatable bonds is 7. The fourth-order valence-corrected chi connectivity index (χ4v) is 4.86. The number of ether oxygens (including phenoxy) is 4. The van der Waals surface area contributed by atoms with Gasteiger partial charge in [-0.15, -0.1) is 0 Å². The van der Waals surface area contributed by atoms with Crippen molar-refractivity contribution in [3.63, 3.8) is 0 Å². The number of aromatic hydroxyl groups is 1. The summed E-state index contributed by atoms with van der Waals surface area (Å²) in [6, 6.07) is 9.45. The van der Waals surface area contributed by atoms with Crippen LogP contribution in [0.1, 0.15) is 25.7 Å². The first kappa shape index (κ1) is 26.8. The van der Waals surface area contributed by atoms with Crippen LogP contribution in [-0.4, -0.2) is 75.4 Å². The molecule has 5 N–H and O–H groups in total. The zero-order chi connectivity index (χ0) is 27.8. The van der Waals surface area contributed by atoms with Crippen molar-refractivity contribution in [2.75, 3.05) is 7.11 Å². The minimum absolute atomic E-state index is 0.0993. The number of phenolic OH excluding ortho intramolecular Hbond substituents is 1. The number of hydrogen-bond donors (Lipinski definition) is 5. The van der Waals surface area contributed by atoms with Gasteiger partial charge in [-0.2, -0.15) is 0 Å². The van der Waals surface area contributed by atoms with Crippen molar-refractivity contribution in [3.05, 3.63) is 46.6 Å². The quantitative estimate of drug-likeness (QED) is 0.291. The van der Waals surface area contributed by atoms with Crippen molar-refractivity contribution in [2.45, 2.75) is 62.5 Å². The maximum Gasteiger partial charge on any atom is 0.335 e. The zero-order valence-corrected chi connectivity index (χ0v) is 20.9. The number of benzene rings is 2. The van der Waals surface area contributed by atoms with Gasteiger partial charge in [-0.25, -0.2) is 4.79 Å². The second-order valence-electron chi connectivity index (χ2n) is 9.51. The number of carboxylic acid groups (broad SMARTS) is 1. The van der Waals surface area contributed by atoms with Crippen molar-refractivity contribution < 1.29 is 53.7 Å². The number of aliphatic hydroxyl groups excluding tert-OH is 3. The first-order valence-electron chi connectivity index (χ1n) is 12.4. The Balaban J connectivity index is 1.48. The van der Waals surface area contributed by atoms with E-state index < -0.39 is 47.9 Å². The van der Waals surface area contributed by atoms with E-state index in [0.717, 1.165) is 25.7 Å². The monoisotopic (exact) mass is 544 g/mol. The first-order valence-corrected chi connectivity index (χ1v) is 12.4. The molecule has 12 heteroatoms. The van der Waals surface area contributed by atoms with Gasteiger partial charge >= 0.3 is 5.97 Å². The Morgan fingerprint density at radius 2 is 1.67 bits per heavy atom. The summed E-state index contributed by atoms with van der Waals surface area (Å²) in [5, 5.41) is 50.2. The first-order chi connectivity index (χ1) is 18.7. The molecule has 3 aromatic rings. The molecule has 1 aromatic heterocycles. The summed E-state index contributed by atoms with van der Waals surface area (Å²) in [6.07, 6.45) is -4.87. The Hall–Kier alpha value is -3.84. The normalized spacial score (nSPS) is 25.5. The molecule has 1 aliphatic carbocycles. The summed E-state index contributed by atoms with van der Waals surface area (Å²) in [6.45, 7) is 0. The van der Waals surface area contributed by atoms with E-state index in [1.54, 1.807) is 24.3 Å². The molecule has 2 aliphatic rings. The fourth-order valence-electron chi connectivity index (χ4n) is 4.86. The number of hydrogen-bond acceptors (Lipinski definition) is 11. The third-order valence-corrected chi connectivity index (χ3v) is 6.92. The Bertz CT molecular complexity index is 1410. The Kier molecular flexibility index (Phi) is 7.36. The average molecular weight is 545 g/mol. The van der Waals surface area contributed by atoms with Crippen molar-refractivity contribution >= 4 is 16.9 Å². The molecule has 5 rings (SSSR count). The second kappa shape index (κ2) is 10.7. The van der Waals surface area contributed by atoms with Crippen LogP contribution >= 0.6 is 0 Å². The largest absolute Gasteiger partial charge is 0.504 e. The van der Waals surface area contributed by atoms with Crippen LogP contribution in [0.5, 0.6) is 23.0 Å². The van der Waals surface area contributed by atoms with Crippen LogP contribution in [0.25, 0.3) is 22.3 Å². The molecule has 5 atom stereocenters. The van der Waals surface area contributed by atoms with Crippen LogP contribution in [0.3, 0.4) is 0 Å². The summed E-state index contributed by atoms with van der Waals surface area (Å²) in [4.78, 5) is 24.4. The Morgan fingerprint density at radius 1 is 0.974 bits per heavy atom. The number of phenols is 1. The van der Waals surface area contributed by atoms with Gasteiger partial charge in [0.05, 0.1) is 13.2 Å². The molecule has 12 nitrogen and oxygen atoms in total. The van der Waals surface area contributed by atoms with Crippen molar-refractivity contribution in [1.29, 1.82) is 0 Å². The molecule has 208 valence electrons. The Labute approximate surface area is 221 Å². The standard InChI is InChI=1S/C27H28O12/c1-35-24-18(38-27-23(32)21(30)22(31)25(39-27)26(33)34)11-17-19(20(24)29)15(28)10-16(37-17)12-6-8-14(9-7-12)36-13-4-2-3-5-13/h6-11,13,21-23,25,27,29-32H,2-5H2,1H3,(H,33,34). The predicted octanol–water partition coefficient (Wildman–Crippen LogP) is 1.77. The molecule has 0 spiro atoms. The van der Waals surface area contributed by atoms with E-state index in [1.165, 1.54) is 19.2 Å². The highest BCUT2D eigenvalue weighted by atomic mass is 16.7. The van der Waals surface area contributed by atoms with Crippen molar-refractivity contribution in [2.24, 2.45) is 0 Å². The summed E-state index contributed by atoms with van der Waals surface area (Å²) in [5.41, 5.74) is -0.103. The van der Waals surface area contributed by atoms with E-state index in [2.05, 4.69) is 0 Å².